The number of rotatable bonds is 4. The summed E-state index contributed by atoms with van der Waals surface area (Å²) in [4.78, 5) is 24.4. The van der Waals surface area contributed by atoms with E-state index in [9.17, 15) is 22.8 Å². The van der Waals surface area contributed by atoms with E-state index in [-0.39, 0.29) is 5.56 Å². The van der Waals surface area contributed by atoms with Crippen molar-refractivity contribution >= 4 is 17.6 Å². The second-order valence-electron chi connectivity index (χ2n) is 6.39. The standard InChI is InChI=1S/C20H20F3NO3/c1-11-8-12(2)17(13(3)9-11)24-18(25)14(4)27-19(26)15-6-5-7-16(10-15)20(21,22)23/h5-10,14H,1-4H3,(H,24,25)/t14-/m1/s1. The quantitative estimate of drug-likeness (QED) is 0.776. The minimum Gasteiger partial charge on any atom is -0.449 e. The van der Waals surface area contributed by atoms with Crippen LogP contribution in [0.1, 0.15) is 39.5 Å². The number of halogens is 3. The molecule has 0 spiro atoms. The van der Waals surface area contributed by atoms with Gasteiger partial charge in [-0.05, 0) is 57.0 Å². The molecule has 1 N–H and O–H groups in total. The van der Waals surface area contributed by atoms with Crippen LogP contribution in [-0.4, -0.2) is 18.0 Å². The van der Waals surface area contributed by atoms with Gasteiger partial charge in [0, 0.05) is 5.69 Å². The van der Waals surface area contributed by atoms with Crippen LogP contribution in [-0.2, 0) is 15.7 Å². The van der Waals surface area contributed by atoms with Gasteiger partial charge in [0.1, 0.15) is 0 Å². The molecule has 0 aromatic heterocycles. The second-order valence-corrected chi connectivity index (χ2v) is 6.39. The lowest BCUT2D eigenvalue weighted by molar-refractivity contribution is -0.137. The number of aryl methyl sites for hydroxylation is 3. The Labute approximate surface area is 155 Å². The molecule has 0 aliphatic heterocycles. The SMILES string of the molecule is Cc1cc(C)c(NC(=O)[C@@H](C)OC(=O)c2cccc(C(F)(F)F)c2)c(C)c1. The second kappa shape index (κ2) is 7.82. The van der Waals surface area contributed by atoms with Crippen molar-refractivity contribution in [3.63, 3.8) is 0 Å². The number of nitrogens with one attached hydrogen (secondary N) is 1. The highest BCUT2D eigenvalue weighted by Crippen LogP contribution is 2.29. The predicted molar refractivity (Wildman–Crippen MR) is 95.6 cm³/mol. The molecule has 27 heavy (non-hydrogen) atoms. The van der Waals surface area contributed by atoms with Crippen LogP contribution in [0.5, 0.6) is 0 Å². The molecule has 0 saturated carbocycles. The van der Waals surface area contributed by atoms with Gasteiger partial charge in [0.25, 0.3) is 5.91 Å². The van der Waals surface area contributed by atoms with E-state index in [1.165, 1.54) is 13.0 Å². The van der Waals surface area contributed by atoms with Crippen LogP contribution in [0.4, 0.5) is 18.9 Å². The van der Waals surface area contributed by atoms with Crippen molar-refractivity contribution in [2.45, 2.75) is 40.0 Å². The highest BCUT2D eigenvalue weighted by Gasteiger charge is 2.31. The minimum atomic E-state index is -4.57. The molecule has 0 fully saturated rings. The summed E-state index contributed by atoms with van der Waals surface area (Å²) in [5.41, 5.74) is 2.15. The van der Waals surface area contributed by atoms with Gasteiger partial charge in [-0.2, -0.15) is 13.2 Å². The van der Waals surface area contributed by atoms with Crippen molar-refractivity contribution in [2.75, 3.05) is 5.32 Å². The van der Waals surface area contributed by atoms with Crippen LogP contribution in [0, 0.1) is 20.8 Å². The molecule has 0 bridgehead atoms. The number of esters is 1. The molecule has 7 heteroatoms. The van der Waals surface area contributed by atoms with Crippen molar-refractivity contribution < 1.29 is 27.5 Å². The Morgan fingerprint density at radius 2 is 1.63 bits per heavy atom. The van der Waals surface area contributed by atoms with Crippen LogP contribution in [0.15, 0.2) is 36.4 Å². The number of carbonyl (C=O) groups excluding carboxylic acids is 2. The Kier molecular flexibility index (Phi) is 5.93. The Bertz CT molecular complexity index is 852. The zero-order valence-corrected chi connectivity index (χ0v) is 15.4. The summed E-state index contributed by atoms with van der Waals surface area (Å²) in [5.74, 6) is -1.56. The van der Waals surface area contributed by atoms with E-state index >= 15 is 0 Å². The third-order valence-electron chi connectivity index (χ3n) is 4.00. The molecule has 4 nitrogen and oxygen atoms in total. The Morgan fingerprint density at radius 1 is 1.04 bits per heavy atom. The lowest BCUT2D eigenvalue weighted by Gasteiger charge is -2.17. The Morgan fingerprint density at radius 3 is 2.19 bits per heavy atom. The minimum absolute atomic E-state index is 0.271. The fraction of sp³-hybridized carbons (Fsp3) is 0.300. The summed E-state index contributed by atoms with van der Waals surface area (Å²) in [6.07, 6.45) is -5.74. The van der Waals surface area contributed by atoms with E-state index in [2.05, 4.69) is 5.32 Å². The van der Waals surface area contributed by atoms with E-state index in [1.54, 1.807) is 0 Å². The van der Waals surface area contributed by atoms with E-state index in [0.29, 0.717) is 11.8 Å². The van der Waals surface area contributed by atoms with E-state index in [1.807, 2.05) is 32.9 Å². The summed E-state index contributed by atoms with van der Waals surface area (Å²) in [6, 6.07) is 7.68. The first-order valence-electron chi connectivity index (χ1n) is 8.26. The smallest absolute Gasteiger partial charge is 0.416 e. The molecule has 2 rings (SSSR count). The zero-order chi connectivity index (χ0) is 20.4. The van der Waals surface area contributed by atoms with E-state index in [4.69, 9.17) is 4.74 Å². The normalized spacial score (nSPS) is 12.4. The molecule has 1 amide bonds. The first-order chi connectivity index (χ1) is 12.5. The number of alkyl halides is 3. The lowest BCUT2D eigenvalue weighted by atomic mass is 10.0. The van der Waals surface area contributed by atoms with Crippen molar-refractivity contribution in [2.24, 2.45) is 0 Å². The van der Waals surface area contributed by atoms with Crippen LogP contribution in [0.2, 0.25) is 0 Å². The number of anilines is 1. The van der Waals surface area contributed by atoms with E-state index < -0.39 is 29.7 Å². The molecule has 0 aliphatic rings. The molecule has 2 aromatic carbocycles. The predicted octanol–water partition coefficient (Wildman–Crippen LogP) is 4.81. The molecule has 1 atom stereocenters. The highest BCUT2D eigenvalue weighted by atomic mass is 19.4. The highest BCUT2D eigenvalue weighted by molar-refractivity contribution is 5.98. The fourth-order valence-electron chi connectivity index (χ4n) is 2.71. The van der Waals surface area contributed by atoms with Gasteiger partial charge in [0.05, 0.1) is 11.1 Å². The maximum absolute atomic E-state index is 12.8. The third kappa shape index (κ3) is 5.09. The van der Waals surface area contributed by atoms with Gasteiger partial charge in [-0.3, -0.25) is 4.79 Å². The first-order valence-corrected chi connectivity index (χ1v) is 8.26. The number of benzene rings is 2. The average molecular weight is 379 g/mol. The Balaban J connectivity index is 2.10. The van der Waals surface area contributed by atoms with Gasteiger partial charge < -0.3 is 10.1 Å². The lowest BCUT2D eigenvalue weighted by Crippen LogP contribution is -2.30. The van der Waals surface area contributed by atoms with Gasteiger partial charge in [-0.25, -0.2) is 4.79 Å². The maximum atomic E-state index is 12.8. The van der Waals surface area contributed by atoms with Crippen LogP contribution in [0.3, 0.4) is 0 Å². The van der Waals surface area contributed by atoms with Gasteiger partial charge in [-0.15, -0.1) is 0 Å². The topological polar surface area (TPSA) is 55.4 Å². The van der Waals surface area contributed by atoms with Gasteiger partial charge in [-0.1, -0.05) is 23.8 Å². The summed E-state index contributed by atoms with van der Waals surface area (Å²) in [7, 11) is 0. The maximum Gasteiger partial charge on any atom is 0.416 e. The number of hydrogen-bond donors (Lipinski definition) is 1. The molecule has 0 unspecified atom stereocenters. The van der Waals surface area contributed by atoms with Crippen molar-refractivity contribution in [3.05, 3.63) is 64.2 Å². The summed E-state index contributed by atoms with van der Waals surface area (Å²) in [5, 5.41) is 2.70. The molecule has 0 heterocycles. The van der Waals surface area contributed by atoms with Crippen LogP contribution in [0.25, 0.3) is 0 Å². The van der Waals surface area contributed by atoms with Crippen molar-refractivity contribution in [1.82, 2.24) is 0 Å². The van der Waals surface area contributed by atoms with Crippen molar-refractivity contribution in [3.8, 4) is 0 Å². The van der Waals surface area contributed by atoms with Crippen molar-refractivity contribution in [1.29, 1.82) is 0 Å². The monoisotopic (exact) mass is 379 g/mol. The first kappa shape index (κ1) is 20.5. The fourth-order valence-corrected chi connectivity index (χ4v) is 2.71. The molecular weight excluding hydrogens is 359 g/mol. The summed E-state index contributed by atoms with van der Waals surface area (Å²) in [6.45, 7) is 6.98. The van der Waals surface area contributed by atoms with Crippen LogP contribution >= 0.6 is 0 Å². The van der Waals surface area contributed by atoms with Gasteiger partial charge in [0.2, 0.25) is 0 Å². The molecule has 2 aromatic rings. The average Bonchev–Trinajstić information content (AvgIpc) is 2.57. The molecule has 0 aliphatic carbocycles. The Hall–Kier alpha value is -2.83. The molecule has 0 radical (unpaired) electrons. The number of ether oxygens (including phenoxy) is 1. The number of amides is 1. The van der Waals surface area contributed by atoms with E-state index in [0.717, 1.165) is 28.8 Å². The summed E-state index contributed by atoms with van der Waals surface area (Å²) < 4.78 is 43.3. The zero-order valence-electron chi connectivity index (χ0n) is 15.4. The van der Waals surface area contributed by atoms with Gasteiger partial charge >= 0.3 is 12.1 Å². The third-order valence-corrected chi connectivity index (χ3v) is 4.00. The molecule has 0 saturated heterocycles. The largest absolute Gasteiger partial charge is 0.449 e. The van der Waals surface area contributed by atoms with Gasteiger partial charge in [0.15, 0.2) is 6.10 Å². The number of carbonyl (C=O) groups is 2. The van der Waals surface area contributed by atoms with Crippen LogP contribution < -0.4 is 5.32 Å². The number of hydrogen-bond acceptors (Lipinski definition) is 3. The summed E-state index contributed by atoms with van der Waals surface area (Å²) >= 11 is 0. The molecule has 144 valence electrons. The molecular formula is C20H20F3NO3.